The Balaban J connectivity index is 1.67. The Bertz CT molecular complexity index is 943. The fraction of sp³-hybridized carbons (Fsp3) is 0.250. The zero-order valence-corrected chi connectivity index (χ0v) is 15.2. The molecular weight excluding hydrogens is 389 g/mol. The van der Waals surface area contributed by atoms with E-state index in [-0.39, 0.29) is 11.5 Å². The molecule has 0 aliphatic carbocycles. The van der Waals surface area contributed by atoms with Gasteiger partial charge in [-0.15, -0.1) is 0 Å². The predicted octanol–water partition coefficient (Wildman–Crippen LogP) is 3.63. The lowest BCUT2D eigenvalue weighted by Crippen LogP contribution is -2.27. The zero-order valence-electron chi connectivity index (χ0n) is 15.2. The van der Waals surface area contributed by atoms with Crippen molar-refractivity contribution in [1.82, 2.24) is 0 Å². The summed E-state index contributed by atoms with van der Waals surface area (Å²) in [7, 11) is 0. The summed E-state index contributed by atoms with van der Waals surface area (Å²) in [6.45, 7) is -0.300. The highest BCUT2D eigenvalue weighted by molar-refractivity contribution is 6.04. The smallest absolute Gasteiger partial charge is 0.418 e. The van der Waals surface area contributed by atoms with Gasteiger partial charge in [-0.05, 0) is 30.7 Å². The van der Waals surface area contributed by atoms with Crippen molar-refractivity contribution in [2.75, 3.05) is 23.4 Å². The van der Waals surface area contributed by atoms with Crippen LogP contribution in [-0.2, 0) is 20.5 Å². The molecule has 6 nitrogen and oxygen atoms in total. The van der Waals surface area contributed by atoms with E-state index in [1.54, 1.807) is 18.2 Å². The first-order valence-corrected chi connectivity index (χ1v) is 8.80. The third-order valence-electron chi connectivity index (χ3n) is 4.33. The van der Waals surface area contributed by atoms with E-state index in [1.807, 2.05) is 0 Å². The van der Waals surface area contributed by atoms with E-state index in [9.17, 15) is 27.6 Å². The van der Waals surface area contributed by atoms with Gasteiger partial charge in [0.05, 0.1) is 22.5 Å². The molecule has 2 aromatic rings. The Labute approximate surface area is 164 Å². The van der Waals surface area contributed by atoms with Gasteiger partial charge in [-0.1, -0.05) is 24.3 Å². The molecular formula is C20H17F3N2O4. The Kier molecular flexibility index (Phi) is 5.86. The molecule has 1 aliphatic heterocycles. The first-order valence-electron chi connectivity index (χ1n) is 8.80. The Morgan fingerprint density at radius 2 is 1.76 bits per heavy atom. The van der Waals surface area contributed by atoms with E-state index in [4.69, 9.17) is 4.74 Å². The monoisotopic (exact) mass is 406 g/mol. The lowest BCUT2D eigenvalue weighted by molar-refractivity contribution is -0.137. The Hall–Kier alpha value is -3.36. The van der Waals surface area contributed by atoms with E-state index in [1.165, 1.54) is 23.1 Å². The van der Waals surface area contributed by atoms with Crippen LogP contribution < -0.4 is 10.2 Å². The summed E-state index contributed by atoms with van der Waals surface area (Å²) >= 11 is 0. The molecule has 0 unspecified atom stereocenters. The number of hydrogen-bond donors (Lipinski definition) is 1. The number of esters is 1. The number of carbonyl (C=O) groups is 3. The van der Waals surface area contributed by atoms with Crippen LogP contribution in [0.25, 0.3) is 0 Å². The van der Waals surface area contributed by atoms with E-state index < -0.39 is 35.9 Å². The van der Waals surface area contributed by atoms with Crippen LogP contribution in [0.2, 0.25) is 0 Å². The molecule has 0 atom stereocenters. The third kappa shape index (κ3) is 4.74. The van der Waals surface area contributed by atoms with Gasteiger partial charge in [-0.2, -0.15) is 13.2 Å². The fourth-order valence-electron chi connectivity index (χ4n) is 3.02. The van der Waals surface area contributed by atoms with Crippen LogP contribution in [-0.4, -0.2) is 30.9 Å². The molecule has 2 amide bonds. The average molecular weight is 406 g/mol. The fourth-order valence-corrected chi connectivity index (χ4v) is 3.02. The van der Waals surface area contributed by atoms with E-state index in [0.29, 0.717) is 25.1 Å². The highest BCUT2D eigenvalue weighted by atomic mass is 19.4. The lowest BCUT2D eigenvalue weighted by atomic mass is 10.1. The van der Waals surface area contributed by atoms with Crippen LogP contribution in [0.4, 0.5) is 24.5 Å². The highest BCUT2D eigenvalue weighted by Gasteiger charge is 2.33. The number of nitrogens with one attached hydrogen (secondary N) is 1. The average Bonchev–Trinajstić information content (AvgIpc) is 3.11. The van der Waals surface area contributed by atoms with Crippen molar-refractivity contribution in [2.24, 2.45) is 0 Å². The number of para-hydroxylation sites is 2. The predicted molar refractivity (Wildman–Crippen MR) is 98.4 cm³/mol. The lowest BCUT2D eigenvalue weighted by Gasteiger charge is -2.19. The molecule has 3 rings (SSSR count). The molecule has 1 aliphatic rings. The number of rotatable bonds is 5. The summed E-state index contributed by atoms with van der Waals surface area (Å²) in [6.07, 6.45) is -3.59. The summed E-state index contributed by atoms with van der Waals surface area (Å²) in [5, 5.41) is 2.10. The minimum absolute atomic E-state index is 0.103. The minimum atomic E-state index is -4.64. The van der Waals surface area contributed by atoms with Crippen molar-refractivity contribution in [2.45, 2.75) is 19.0 Å². The van der Waals surface area contributed by atoms with Gasteiger partial charge in [0.15, 0.2) is 6.61 Å². The van der Waals surface area contributed by atoms with Crippen LogP contribution in [0.5, 0.6) is 0 Å². The summed E-state index contributed by atoms with van der Waals surface area (Å²) in [4.78, 5) is 37.8. The molecule has 2 aromatic carbocycles. The molecule has 0 radical (unpaired) electrons. The zero-order chi connectivity index (χ0) is 21.0. The molecule has 152 valence electrons. The maximum Gasteiger partial charge on any atom is 0.418 e. The molecule has 9 heteroatoms. The number of nitrogens with zero attached hydrogens (tertiary/aromatic N) is 1. The molecule has 0 spiro atoms. The van der Waals surface area contributed by atoms with Crippen molar-refractivity contribution >= 4 is 29.2 Å². The molecule has 29 heavy (non-hydrogen) atoms. The van der Waals surface area contributed by atoms with E-state index in [0.717, 1.165) is 12.1 Å². The second kappa shape index (κ2) is 8.34. The molecule has 0 saturated carbocycles. The maximum absolute atomic E-state index is 13.0. The number of benzene rings is 2. The van der Waals surface area contributed by atoms with Crippen LogP contribution in [0.3, 0.4) is 0 Å². The van der Waals surface area contributed by atoms with Gasteiger partial charge >= 0.3 is 12.1 Å². The van der Waals surface area contributed by atoms with Gasteiger partial charge in [0.2, 0.25) is 5.91 Å². The molecule has 1 fully saturated rings. The summed E-state index contributed by atoms with van der Waals surface area (Å²) in [6, 6.07) is 10.8. The van der Waals surface area contributed by atoms with Gasteiger partial charge in [-0.3, -0.25) is 9.59 Å². The second-order valence-corrected chi connectivity index (χ2v) is 6.33. The van der Waals surface area contributed by atoms with E-state index >= 15 is 0 Å². The van der Waals surface area contributed by atoms with Crippen molar-refractivity contribution in [3.63, 3.8) is 0 Å². The van der Waals surface area contributed by atoms with Crippen molar-refractivity contribution < 1.29 is 32.3 Å². The minimum Gasteiger partial charge on any atom is -0.452 e. The summed E-state index contributed by atoms with van der Waals surface area (Å²) < 4.78 is 43.9. The molecule has 1 saturated heterocycles. The van der Waals surface area contributed by atoms with Crippen LogP contribution >= 0.6 is 0 Å². The Morgan fingerprint density at radius 1 is 1.07 bits per heavy atom. The summed E-state index contributed by atoms with van der Waals surface area (Å²) in [5.41, 5.74) is -0.948. The van der Waals surface area contributed by atoms with Gasteiger partial charge in [-0.25, -0.2) is 4.79 Å². The van der Waals surface area contributed by atoms with Crippen LogP contribution in [0.1, 0.15) is 28.8 Å². The number of ether oxygens (including phenoxy) is 1. The number of alkyl halides is 3. The standard InChI is InChI=1S/C20H17F3N2O4/c21-20(22,23)14-7-2-3-8-15(14)24-17(26)12-29-19(28)13-6-1-4-9-16(13)25-11-5-10-18(25)27/h1-4,6-9H,5,10-12H2,(H,24,26). The number of carbonyl (C=O) groups excluding carboxylic acids is 3. The highest BCUT2D eigenvalue weighted by Crippen LogP contribution is 2.34. The van der Waals surface area contributed by atoms with Crippen LogP contribution in [0, 0.1) is 0 Å². The normalized spacial score (nSPS) is 14.0. The van der Waals surface area contributed by atoms with Crippen molar-refractivity contribution in [1.29, 1.82) is 0 Å². The third-order valence-corrected chi connectivity index (χ3v) is 4.33. The number of amides is 2. The Morgan fingerprint density at radius 3 is 2.45 bits per heavy atom. The SMILES string of the molecule is O=C(COC(=O)c1ccccc1N1CCCC1=O)Nc1ccccc1C(F)(F)F. The number of anilines is 2. The quantitative estimate of drug-likeness (QED) is 0.770. The topological polar surface area (TPSA) is 75.7 Å². The molecule has 1 N–H and O–H groups in total. The molecule has 0 bridgehead atoms. The molecule has 1 heterocycles. The first kappa shape index (κ1) is 20.4. The van der Waals surface area contributed by atoms with Crippen molar-refractivity contribution in [3.05, 3.63) is 59.7 Å². The second-order valence-electron chi connectivity index (χ2n) is 6.33. The van der Waals surface area contributed by atoms with Gasteiger partial charge < -0.3 is 15.0 Å². The van der Waals surface area contributed by atoms with Gasteiger partial charge in [0, 0.05) is 13.0 Å². The van der Waals surface area contributed by atoms with Gasteiger partial charge in [0.25, 0.3) is 5.91 Å². The largest absolute Gasteiger partial charge is 0.452 e. The number of halogens is 3. The van der Waals surface area contributed by atoms with Crippen molar-refractivity contribution in [3.8, 4) is 0 Å². The van der Waals surface area contributed by atoms with Gasteiger partial charge in [0.1, 0.15) is 0 Å². The number of hydrogen-bond acceptors (Lipinski definition) is 4. The first-order chi connectivity index (χ1) is 13.8. The summed E-state index contributed by atoms with van der Waals surface area (Å²) in [5.74, 6) is -1.88. The molecule has 0 aromatic heterocycles. The van der Waals surface area contributed by atoms with E-state index in [2.05, 4.69) is 5.32 Å². The maximum atomic E-state index is 13.0. The van der Waals surface area contributed by atoms with Crippen LogP contribution in [0.15, 0.2) is 48.5 Å².